The van der Waals surface area contributed by atoms with E-state index in [-0.39, 0.29) is 12.4 Å². The van der Waals surface area contributed by atoms with Gasteiger partial charge in [0.15, 0.2) is 0 Å². The maximum absolute atomic E-state index is 12.5. The second kappa shape index (κ2) is 13.0. The molecule has 0 spiro atoms. The summed E-state index contributed by atoms with van der Waals surface area (Å²) in [4.78, 5) is 38.8. The maximum Gasteiger partial charge on any atom is 0.408 e. The highest BCUT2D eigenvalue weighted by Crippen LogP contribution is 2.25. The lowest BCUT2D eigenvalue weighted by molar-refractivity contribution is -0.146. The van der Waals surface area contributed by atoms with E-state index in [1.54, 1.807) is 20.8 Å². The SMILES string of the molecule is COC(=O)[C@H](Cc1ccc(NCCN(c2ccccc2)C(C)(C)C(=O)OC)cc1)NC(=O)OC(C)(C)C. The number of hydrogen-bond donors (Lipinski definition) is 2. The number of carbonyl (C=O) groups excluding carboxylic acids is 3. The maximum atomic E-state index is 12.5. The van der Waals surface area contributed by atoms with E-state index in [0.717, 1.165) is 16.9 Å². The molecule has 0 aromatic heterocycles. The summed E-state index contributed by atoms with van der Waals surface area (Å²) in [5, 5.41) is 5.95. The van der Waals surface area contributed by atoms with Crippen LogP contribution < -0.4 is 15.5 Å². The second-order valence-electron chi connectivity index (χ2n) is 10.1. The van der Waals surface area contributed by atoms with Crippen LogP contribution in [-0.2, 0) is 30.2 Å². The number of rotatable bonds is 11. The predicted molar refractivity (Wildman–Crippen MR) is 144 cm³/mol. The van der Waals surface area contributed by atoms with Crippen molar-refractivity contribution < 1.29 is 28.6 Å². The van der Waals surface area contributed by atoms with E-state index in [1.165, 1.54) is 14.2 Å². The van der Waals surface area contributed by atoms with Gasteiger partial charge in [-0.2, -0.15) is 0 Å². The summed E-state index contributed by atoms with van der Waals surface area (Å²) in [6.07, 6.45) is -0.430. The number of anilines is 2. The smallest absolute Gasteiger partial charge is 0.408 e. The van der Waals surface area contributed by atoms with Gasteiger partial charge < -0.3 is 29.7 Å². The van der Waals surface area contributed by atoms with Gasteiger partial charge in [-0.25, -0.2) is 14.4 Å². The Morgan fingerprint density at radius 1 is 0.892 bits per heavy atom. The zero-order chi connectivity index (χ0) is 27.6. The number of nitrogens with one attached hydrogen (secondary N) is 2. The topological polar surface area (TPSA) is 106 Å². The quantitative estimate of drug-likeness (QED) is 0.341. The molecule has 202 valence electrons. The molecule has 37 heavy (non-hydrogen) atoms. The molecule has 0 aliphatic heterocycles. The summed E-state index contributed by atoms with van der Waals surface area (Å²) in [7, 11) is 2.67. The normalized spacial score (nSPS) is 12.2. The van der Waals surface area contributed by atoms with Crippen LogP contribution in [0, 0.1) is 0 Å². The number of amides is 1. The third-order valence-electron chi connectivity index (χ3n) is 5.66. The molecule has 0 saturated carbocycles. The van der Waals surface area contributed by atoms with Crippen LogP contribution in [0.25, 0.3) is 0 Å². The molecule has 0 heterocycles. The average molecular weight is 514 g/mol. The number of ether oxygens (including phenoxy) is 3. The number of methoxy groups -OCH3 is 2. The molecule has 1 amide bonds. The molecular weight excluding hydrogens is 474 g/mol. The third-order valence-corrected chi connectivity index (χ3v) is 5.66. The summed E-state index contributed by atoms with van der Waals surface area (Å²) >= 11 is 0. The van der Waals surface area contributed by atoms with Gasteiger partial charge in [-0.05, 0) is 64.4 Å². The van der Waals surface area contributed by atoms with Crippen molar-refractivity contribution in [3.63, 3.8) is 0 Å². The Labute approximate surface area is 219 Å². The number of para-hydroxylation sites is 1. The molecule has 1 atom stereocenters. The zero-order valence-corrected chi connectivity index (χ0v) is 22.8. The van der Waals surface area contributed by atoms with Gasteiger partial charge >= 0.3 is 18.0 Å². The van der Waals surface area contributed by atoms with E-state index in [2.05, 4.69) is 10.6 Å². The van der Waals surface area contributed by atoms with Crippen molar-refractivity contribution in [3.8, 4) is 0 Å². The predicted octanol–water partition coefficient (Wildman–Crippen LogP) is 4.17. The lowest BCUT2D eigenvalue weighted by Crippen LogP contribution is -2.52. The van der Waals surface area contributed by atoms with E-state index in [4.69, 9.17) is 14.2 Å². The summed E-state index contributed by atoms with van der Waals surface area (Å²) in [5.74, 6) is -0.872. The first-order valence-corrected chi connectivity index (χ1v) is 12.2. The van der Waals surface area contributed by atoms with Gasteiger partial charge in [0.05, 0.1) is 14.2 Å². The van der Waals surface area contributed by atoms with Crippen LogP contribution in [0.1, 0.15) is 40.2 Å². The van der Waals surface area contributed by atoms with Crippen molar-refractivity contribution in [1.29, 1.82) is 0 Å². The summed E-state index contributed by atoms with van der Waals surface area (Å²) in [6, 6.07) is 16.4. The van der Waals surface area contributed by atoms with Crippen LogP contribution in [0.3, 0.4) is 0 Å². The molecule has 2 aromatic rings. The first-order chi connectivity index (χ1) is 17.4. The van der Waals surface area contributed by atoms with Crippen LogP contribution in [0.5, 0.6) is 0 Å². The molecule has 0 saturated heterocycles. The van der Waals surface area contributed by atoms with Crippen molar-refractivity contribution in [2.24, 2.45) is 0 Å². The lowest BCUT2D eigenvalue weighted by atomic mass is 10.0. The minimum absolute atomic E-state index is 0.251. The lowest BCUT2D eigenvalue weighted by Gasteiger charge is -2.38. The summed E-state index contributed by atoms with van der Waals surface area (Å²) in [6.45, 7) is 10.0. The Morgan fingerprint density at radius 3 is 2.05 bits per heavy atom. The van der Waals surface area contributed by atoms with Crippen LogP contribution in [0.2, 0.25) is 0 Å². The Balaban J connectivity index is 2.03. The summed E-state index contributed by atoms with van der Waals surface area (Å²) < 4.78 is 15.1. The average Bonchev–Trinajstić information content (AvgIpc) is 2.85. The Kier molecular flexibility index (Phi) is 10.3. The molecule has 0 fully saturated rings. The standard InChI is InChI=1S/C28H39N3O6/c1-27(2,3)37-26(34)30-23(24(32)35-6)19-20-13-15-21(16-14-20)29-17-18-31(22-11-9-8-10-12-22)28(4,5)25(33)36-7/h8-16,23,29H,17-19H2,1-7H3,(H,30,34)/t23-/m0/s1. The molecule has 2 rings (SSSR count). The highest BCUT2D eigenvalue weighted by Gasteiger charge is 2.35. The number of alkyl carbamates (subject to hydrolysis) is 1. The highest BCUT2D eigenvalue weighted by molar-refractivity contribution is 5.84. The van der Waals surface area contributed by atoms with Gasteiger partial charge in [-0.1, -0.05) is 30.3 Å². The van der Waals surface area contributed by atoms with Crippen molar-refractivity contribution in [3.05, 3.63) is 60.2 Å². The minimum atomic E-state index is -0.876. The Morgan fingerprint density at radius 2 is 1.51 bits per heavy atom. The van der Waals surface area contributed by atoms with E-state index >= 15 is 0 Å². The monoisotopic (exact) mass is 513 g/mol. The molecule has 0 radical (unpaired) electrons. The zero-order valence-electron chi connectivity index (χ0n) is 22.8. The molecule has 0 unspecified atom stereocenters. The van der Waals surface area contributed by atoms with E-state index < -0.39 is 29.2 Å². The number of hydrogen-bond acceptors (Lipinski definition) is 8. The number of nitrogens with zero attached hydrogens (tertiary/aromatic N) is 1. The van der Waals surface area contributed by atoms with Gasteiger partial charge in [-0.15, -0.1) is 0 Å². The van der Waals surface area contributed by atoms with Crippen molar-refractivity contribution >= 4 is 29.4 Å². The van der Waals surface area contributed by atoms with Crippen molar-refractivity contribution in [2.75, 3.05) is 37.5 Å². The van der Waals surface area contributed by atoms with Crippen LogP contribution in [-0.4, -0.2) is 62.5 Å². The highest BCUT2D eigenvalue weighted by atomic mass is 16.6. The van der Waals surface area contributed by atoms with E-state index in [9.17, 15) is 14.4 Å². The minimum Gasteiger partial charge on any atom is -0.467 e. The molecule has 9 heteroatoms. The first kappa shape index (κ1) is 29.5. The molecule has 2 aromatic carbocycles. The number of carbonyl (C=O) groups is 3. The fourth-order valence-corrected chi connectivity index (χ4v) is 3.79. The fourth-order valence-electron chi connectivity index (χ4n) is 3.79. The van der Waals surface area contributed by atoms with Gasteiger partial charge in [0.1, 0.15) is 17.2 Å². The first-order valence-electron chi connectivity index (χ1n) is 12.2. The van der Waals surface area contributed by atoms with Crippen LogP contribution in [0.4, 0.5) is 16.2 Å². The fraction of sp³-hybridized carbons (Fsp3) is 0.464. The molecule has 0 aliphatic rings. The summed E-state index contributed by atoms with van der Waals surface area (Å²) in [5.41, 5.74) is 1.10. The van der Waals surface area contributed by atoms with E-state index in [1.807, 2.05) is 73.3 Å². The van der Waals surface area contributed by atoms with Gasteiger partial charge in [-0.3, -0.25) is 0 Å². The van der Waals surface area contributed by atoms with Crippen molar-refractivity contribution in [2.45, 2.75) is 58.2 Å². The van der Waals surface area contributed by atoms with Gasteiger partial charge in [0, 0.05) is 30.9 Å². The molecule has 0 bridgehead atoms. The number of benzene rings is 2. The largest absolute Gasteiger partial charge is 0.467 e. The van der Waals surface area contributed by atoms with Crippen molar-refractivity contribution in [1.82, 2.24) is 5.32 Å². The molecule has 9 nitrogen and oxygen atoms in total. The van der Waals surface area contributed by atoms with Gasteiger partial charge in [0.2, 0.25) is 0 Å². The Bertz CT molecular complexity index is 1030. The second-order valence-corrected chi connectivity index (χ2v) is 10.1. The van der Waals surface area contributed by atoms with Crippen LogP contribution in [0.15, 0.2) is 54.6 Å². The van der Waals surface area contributed by atoms with Gasteiger partial charge in [0.25, 0.3) is 0 Å². The van der Waals surface area contributed by atoms with E-state index in [0.29, 0.717) is 13.1 Å². The third kappa shape index (κ3) is 9.00. The molecular formula is C28H39N3O6. The number of esters is 2. The molecule has 2 N–H and O–H groups in total. The molecule has 0 aliphatic carbocycles. The Hall–Kier alpha value is -3.75. The van der Waals surface area contributed by atoms with Crippen LogP contribution >= 0.6 is 0 Å².